The number of phosphoric acid groups is 2. The van der Waals surface area contributed by atoms with Crippen LogP contribution in [0.25, 0.3) is 0 Å². The number of unbranched alkanes of at least 4 members (excludes halogenated alkanes) is 46. The van der Waals surface area contributed by atoms with E-state index in [1.165, 1.54) is 199 Å². The normalized spacial score (nSPS) is 14.0. The molecule has 0 spiro atoms. The molecule has 0 bridgehead atoms. The van der Waals surface area contributed by atoms with Crippen LogP contribution in [0.4, 0.5) is 0 Å². The molecule has 0 saturated heterocycles. The number of phosphoric ester groups is 2. The summed E-state index contributed by atoms with van der Waals surface area (Å²) in [5, 5.41) is 10.6. The summed E-state index contributed by atoms with van der Waals surface area (Å²) >= 11 is 0. The zero-order valence-electron chi connectivity index (χ0n) is 60.4. The van der Waals surface area contributed by atoms with Gasteiger partial charge in [0.15, 0.2) is 12.2 Å². The average Bonchev–Trinajstić information content (AvgIpc) is 3.55. The third kappa shape index (κ3) is 68.4. The van der Waals surface area contributed by atoms with Gasteiger partial charge in [-0.05, 0) is 31.6 Å². The minimum absolute atomic E-state index is 0.102. The smallest absolute Gasteiger partial charge is 0.462 e. The Morgan fingerprint density at radius 2 is 0.495 bits per heavy atom. The fourth-order valence-corrected chi connectivity index (χ4v) is 12.9. The topological polar surface area (TPSA) is 237 Å². The molecule has 0 aliphatic rings. The van der Waals surface area contributed by atoms with E-state index in [2.05, 4.69) is 34.6 Å². The second-order valence-corrected chi connectivity index (χ2v) is 30.1. The lowest BCUT2D eigenvalue weighted by molar-refractivity contribution is -0.161. The van der Waals surface area contributed by atoms with Gasteiger partial charge in [-0.15, -0.1) is 0 Å². The van der Waals surface area contributed by atoms with Crippen LogP contribution in [0.3, 0.4) is 0 Å². The number of aliphatic hydroxyl groups is 1. The van der Waals surface area contributed by atoms with Crippen LogP contribution in [0.2, 0.25) is 0 Å². The molecule has 0 radical (unpaired) electrons. The monoisotopic (exact) mass is 1370 g/mol. The molecule has 0 aromatic heterocycles. The fraction of sp³-hybridized carbons (Fsp3) is 0.946. The molecule has 2 unspecified atom stereocenters. The van der Waals surface area contributed by atoms with Gasteiger partial charge in [0.25, 0.3) is 0 Å². The molecule has 5 atom stereocenters. The first-order valence-corrected chi connectivity index (χ1v) is 41.6. The standard InChI is InChI=1S/C74H144O17P2/c1-6-9-12-15-18-20-22-24-26-28-29-30-31-32-34-36-38-40-43-49-54-59-73(78)90-69(64-85-72(77)58-53-48-42-39-37-35-33-27-25-23-21-19-16-13-10-7-2)65-88-92(80,81)86-61-68(75)62-87-93(82,83)89-66-70(63-84-71(76)57-52-47-41-17-14-11-8-3)91-74(79)60-55-50-45-44-46-51-56-67(4)5/h67-70,75H,6-66H2,1-5H3,(H,80,81)(H,82,83)/t68-,69-,70-/m1/s1. The van der Waals surface area contributed by atoms with E-state index < -0.39 is 97.5 Å². The van der Waals surface area contributed by atoms with Crippen molar-refractivity contribution in [3.8, 4) is 0 Å². The van der Waals surface area contributed by atoms with Gasteiger partial charge in [-0.3, -0.25) is 37.3 Å². The van der Waals surface area contributed by atoms with E-state index in [4.69, 9.17) is 37.0 Å². The SMILES string of the molecule is CCCCCCCCCCCCCCCCCCCCCCCC(=O)O[C@H](COC(=O)CCCCCCCCCCCCCCCCCC)COP(=O)(O)OC[C@@H](O)COP(=O)(O)OC[C@@H](COC(=O)CCCCCCCCC)OC(=O)CCCCCCCCC(C)C. The number of carbonyl (C=O) groups is 4. The first kappa shape index (κ1) is 91.1. The summed E-state index contributed by atoms with van der Waals surface area (Å²) < 4.78 is 68.2. The molecule has 0 rings (SSSR count). The molecule has 0 fully saturated rings. The number of ether oxygens (including phenoxy) is 4. The summed E-state index contributed by atoms with van der Waals surface area (Å²) in [6.07, 6.45) is 56.0. The molecular formula is C74H144O17P2. The van der Waals surface area contributed by atoms with Gasteiger partial charge in [-0.1, -0.05) is 336 Å². The summed E-state index contributed by atoms with van der Waals surface area (Å²) in [4.78, 5) is 72.5. The maximum absolute atomic E-state index is 13.1. The maximum Gasteiger partial charge on any atom is 0.472 e. The predicted octanol–water partition coefficient (Wildman–Crippen LogP) is 21.7. The van der Waals surface area contributed by atoms with E-state index >= 15 is 0 Å². The maximum atomic E-state index is 13.1. The van der Waals surface area contributed by atoms with E-state index in [1.807, 2.05) is 0 Å². The number of hydrogen-bond donors (Lipinski definition) is 3. The molecule has 0 aliphatic heterocycles. The first-order chi connectivity index (χ1) is 45.0. The molecule has 0 aliphatic carbocycles. The van der Waals surface area contributed by atoms with Gasteiger partial charge in [-0.2, -0.15) is 0 Å². The van der Waals surface area contributed by atoms with E-state index in [-0.39, 0.29) is 25.7 Å². The molecule has 93 heavy (non-hydrogen) atoms. The molecule has 19 heteroatoms. The molecule has 17 nitrogen and oxygen atoms in total. The van der Waals surface area contributed by atoms with Gasteiger partial charge in [-0.25, -0.2) is 9.13 Å². The summed E-state index contributed by atoms with van der Waals surface area (Å²) in [5.74, 6) is -1.46. The minimum atomic E-state index is -4.95. The second kappa shape index (κ2) is 67.3. The molecule has 0 saturated carbocycles. The fourth-order valence-electron chi connectivity index (χ4n) is 11.4. The Balaban J connectivity index is 5.14. The van der Waals surface area contributed by atoms with Gasteiger partial charge in [0, 0.05) is 25.7 Å². The van der Waals surface area contributed by atoms with Crippen LogP contribution >= 0.6 is 15.6 Å². The third-order valence-corrected chi connectivity index (χ3v) is 19.2. The van der Waals surface area contributed by atoms with E-state index in [1.54, 1.807) is 0 Å². The molecule has 0 aromatic carbocycles. The summed E-state index contributed by atoms with van der Waals surface area (Å²) in [6.45, 7) is 7.14. The van der Waals surface area contributed by atoms with Crippen molar-refractivity contribution in [1.29, 1.82) is 0 Å². The van der Waals surface area contributed by atoms with Crippen molar-refractivity contribution >= 4 is 39.5 Å². The lowest BCUT2D eigenvalue weighted by atomic mass is 10.0. The lowest BCUT2D eigenvalue weighted by Crippen LogP contribution is -2.30. The van der Waals surface area contributed by atoms with Crippen LogP contribution in [0.15, 0.2) is 0 Å². The van der Waals surface area contributed by atoms with Crippen molar-refractivity contribution in [1.82, 2.24) is 0 Å². The Hall–Kier alpha value is -1.94. The highest BCUT2D eigenvalue weighted by Crippen LogP contribution is 2.45. The van der Waals surface area contributed by atoms with E-state index in [0.717, 1.165) is 103 Å². The largest absolute Gasteiger partial charge is 0.472 e. The zero-order chi connectivity index (χ0) is 68.4. The zero-order valence-corrected chi connectivity index (χ0v) is 62.2. The van der Waals surface area contributed by atoms with E-state index in [0.29, 0.717) is 31.6 Å². The van der Waals surface area contributed by atoms with Gasteiger partial charge in [0.1, 0.15) is 19.3 Å². The van der Waals surface area contributed by atoms with Crippen LogP contribution in [-0.2, 0) is 65.4 Å². The van der Waals surface area contributed by atoms with Gasteiger partial charge in [0.05, 0.1) is 26.4 Å². The highest BCUT2D eigenvalue weighted by molar-refractivity contribution is 7.47. The number of aliphatic hydroxyl groups excluding tert-OH is 1. The number of rotatable bonds is 74. The summed E-state index contributed by atoms with van der Waals surface area (Å²) in [5.41, 5.74) is 0. The molecule has 0 amide bonds. The molecule has 3 N–H and O–H groups in total. The number of carbonyl (C=O) groups excluding carboxylic acids is 4. The van der Waals surface area contributed by atoms with Gasteiger partial charge < -0.3 is 33.8 Å². The van der Waals surface area contributed by atoms with Crippen molar-refractivity contribution in [3.63, 3.8) is 0 Å². The Morgan fingerprint density at radius 3 is 0.731 bits per heavy atom. The molecule has 552 valence electrons. The van der Waals surface area contributed by atoms with Crippen molar-refractivity contribution in [2.45, 2.75) is 406 Å². The Kier molecular flexibility index (Phi) is 65.9. The van der Waals surface area contributed by atoms with Gasteiger partial charge in [0.2, 0.25) is 0 Å². The van der Waals surface area contributed by atoms with Crippen LogP contribution in [0, 0.1) is 5.92 Å². The van der Waals surface area contributed by atoms with E-state index in [9.17, 15) is 43.2 Å². The van der Waals surface area contributed by atoms with Crippen LogP contribution in [0.5, 0.6) is 0 Å². The predicted molar refractivity (Wildman–Crippen MR) is 377 cm³/mol. The lowest BCUT2D eigenvalue weighted by Gasteiger charge is -2.21. The number of hydrogen-bond acceptors (Lipinski definition) is 15. The Morgan fingerprint density at radius 1 is 0.290 bits per heavy atom. The van der Waals surface area contributed by atoms with Crippen molar-refractivity contribution in [3.05, 3.63) is 0 Å². The highest BCUT2D eigenvalue weighted by atomic mass is 31.2. The van der Waals surface area contributed by atoms with Crippen LogP contribution in [0.1, 0.15) is 388 Å². The second-order valence-electron chi connectivity index (χ2n) is 27.2. The number of esters is 4. The van der Waals surface area contributed by atoms with Crippen molar-refractivity contribution in [2.75, 3.05) is 39.6 Å². The van der Waals surface area contributed by atoms with Gasteiger partial charge >= 0.3 is 39.5 Å². The Labute approximate surface area is 568 Å². The molecule has 0 heterocycles. The third-order valence-electron chi connectivity index (χ3n) is 17.3. The van der Waals surface area contributed by atoms with Crippen LogP contribution in [-0.4, -0.2) is 96.7 Å². The van der Waals surface area contributed by atoms with Crippen LogP contribution < -0.4 is 0 Å². The molecule has 0 aromatic rings. The molecular weight excluding hydrogens is 1220 g/mol. The first-order valence-electron chi connectivity index (χ1n) is 38.6. The quantitative estimate of drug-likeness (QED) is 0.0222. The van der Waals surface area contributed by atoms with Crippen molar-refractivity contribution < 1.29 is 80.2 Å². The Bertz CT molecular complexity index is 1790. The minimum Gasteiger partial charge on any atom is -0.462 e. The average molecular weight is 1370 g/mol. The summed E-state index contributed by atoms with van der Waals surface area (Å²) in [6, 6.07) is 0. The summed E-state index contributed by atoms with van der Waals surface area (Å²) in [7, 11) is -9.90. The highest BCUT2D eigenvalue weighted by Gasteiger charge is 2.30. The van der Waals surface area contributed by atoms with Crippen molar-refractivity contribution in [2.24, 2.45) is 5.92 Å².